The first-order valence-corrected chi connectivity index (χ1v) is 4.33. The summed E-state index contributed by atoms with van der Waals surface area (Å²) in [5, 5.41) is 9.54. The first-order chi connectivity index (χ1) is 6.90. The van der Waals surface area contributed by atoms with E-state index < -0.39 is 0 Å². The highest BCUT2D eigenvalue weighted by Gasteiger charge is 2.03. The first kappa shape index (κ1) is 8.61. The van der Waals surface area contributed by atoms with Crippen LogP contribution in [-0.4, -0.2) is 31.7 Å². The molecular formula is C8H10N6. The van der Waals surface area contributed by atoms with Crippen LogP contribution < -0.4 is 5.32 Å². The smallest absolute Gasteiger partial charge is 0.199 e. The number of hydrogen-bond donors (Lipinski definition) is 2. The van der Waals surface area contributed by atoms with E-state index in [2.05, 4.69) is 30.5 Å². The monoisotopic (exact) mass is 190 g/mol. The van der Waals surface area contributed by atoms with Gasteiger partial charge in [0.05, 0.1) is 0 Å². The average Bonchev–Trinajstić information content (AvgIpc) is 2.71. The van der Waals surface area contributed by atoms with E-state index in [1.165, 1.54) is 6.33 Å². The number of nitrogens with zero attached hydrogens (tertiary/aromatic N) is 4. The molecule has 0 aliphatic heterocycles. The normalized spacial score (nSPS) is 10.1. The van der Waals surface area contributed by atoms with Gasteiger partial charge in [0, 0.05) is 12.7 Å². The Morgan fingerprint density at radius 1 is 1.43 bits per heavy atom. The molecule has 0 radical (unpaired) electrons. The van der Waals surface area contributed by atoms with Crippen molar-refractivity contribution in [3.63, 3.8) is 0 Å². The van der Waals surface area contributed by atoms with Gasteiger partial charge in [-0.15, -0.1) is 0 Å². The molecule has 0 unspecified atom stereocenters. The summed E-state index contributed by atoms with van der Waals surface area (Å²) >= 11 is 0. The van der Waals surface area contributed by atoms with E-state index in [-0.39, 0.29) is 0 Å². The van der Waals surface area contributed by atoms with Crippen LogP contribution in [0.3, 0.4) is 0 Å². The second-order valence-electron chi connectivity index (χ2n) is 2.63. The van der Waals surface area contributed by atoms with Gasteiger partial charge in [0.2, 0.25) is 0 Å². The second kappa shape index (κ2) is 3.82. The predicted octanol–water partition coefficient (Wildman–Crippen LogP) is 0.693. The van der Waals surface area contributed by atoms with Crippen LogP contribution in [0.15, 0.2) is 18.6 Å². The molecule has 0 fully saturated rings. The number of hydrogen-bond acceptors (Lipinski definition) is 5. The molecule has 2 aromatic heterocycles. The third-order valence-corrected chi connectivity index (χ3v) is 1.64. The van der Waals surface area contributed by atoms with Crippen molar-refractivity contribution >= 4 is 5.82 Å². The maximum atomic E-state index is 4.25. The van der Waals surface area contributed by atoms with E-state index in [0.29, 0.717) is 11.6 Å². The summed E-state index contributed by atoms with van der Waals surface area (Å²) in [4.78, 5) is 12.3. The summed E-state index contributed by atoms with van der Waals surface area (Å²) in [5.74, 6) is 1.90. The van der Waals surface area contributed by atoms with E-state index >= 15 is 0 Å². The summed E-state index contributed by atoms with van der Waals surface area (Å²) in [5.41, 5.74) is 0. The van der Waals surface area contributed by atoms with Crippen LogP contribution in [0.2, 0.25) is 0 Å². The summed E-state index contributed by atoms with van der Waals surface area (Å²) in [7, 11) is 0. The van der Waals surface area contributed by atoms with Crippen LogP contribution in [0.25, 0.3) is 11.6 Å². The van der Waals surface area contributed by atoms with Crippen molar-refractivity contribution in [3.8, 4) is 11.6 Å². The Hall–Kier alpha value is -1.98. The molecule has 0 aromatic carbocycles. The molecule has 14 heavy (non-hydrogen) atoms. The molecule has 2 rings (SSSR count). The summed E-state index contributed by atoms with van der Waals surface area (Å²) in [6.45, 7) is 2.84. The van der Waals surface area contributed by atoms with Crippen molar-refractivity contribution in [2.24, 2.45) is 0 Å². The topological polar surface area (TPSA) is 79.4 Å². The van der Waals surface area contributed by atoms with Crippen LogP contribution in [0.1, 0.15) is 6.92 Å². The standard InChI is InChI=1S/C8H10N6/c1-2-9-6-3-4-10-7(13-6)8-11-5-12-14-8/h3-5H,2H2,1H3,(H,9,10,13)(H,11,12,14). The van der Waals surface area contributed by atoms with E-state index in [1.807, 2.05) is 13.0 Å². The SMILES string of the molecule is CCNc1ccnc(-c2ncn[nH]2)n1. The van der Waals surface area contributed by atoms with Crippen molar-refractivity contribution in [3.05, 3.63) is 18.6 Å². The van der Waals surface area contributed by atoms with Gasteiger partial charge in [-0.1, -0.05) is 0 Å². The zero-order valence-electron chi connectivity index (χ0n) is 7.73. The average molecular weight is 190 g/mol. The van der Waals surface area contributed by atoms with Crippen LogP contribution in [0, 0.1) is 0 Å². The molecule has 0 aliphatic carbocycles. The molecule has 0 spiro atoms. The van der Waals surface area contributed by atoms with Crippen molar-refractivity contribution in [2.75, 3.05) is 11.9 Å². The Morgan fingerprint density at radius 2 is 2.36 bits per heavy atom. The van der Waals surface area contributed by atoms with Gasteiger partial charge in [-0.05, 0) is 13.0 Å². The zero-order chi connectivity index (χ0) is 9.80. The lowest BCUT2D eigenvalue weighted by Gasteiger charge is -2.01. The third kappa shape index (κ3) is 1.68. The Bertz CT molecular complexity index is 396. The molecule has 0 saturated carbocycles. The number of H-pyrrole nitrogens is 1. The quantitative estimate of drug-likeness (QED) is 0.744. The van der Waals surface area contributed by atoms with Crippen LogP contribution in [-0.2, 0) is 0 Å². The Kier molecular flexibility index (Phi) is 2.35. The summed E-state index contributed by atoms with van der Waals surface area (Å²) in [6.07, 6.45) is 3.11. The highest BCUT2D eigenvalue weighted by Crippen LogP contribution is 2.09. The molecule has 2 heterocycles. The van der Waals surface area contributed by atoms with E-state index in [9.17, 15) is 0 Å². The molecule has 6 nitrogen and oxygen atoms in total. The second-order valence-corrected chi connectivity index (χ2v) is 2.63. The molecule has 0 amide bonds. The zero-order valence-corrected chi connectivity index (χ0v) is 7.73. The molecule has 72 valence electrons. The lowest BCUT2D eigenvalue weighted by molar-refractivity contribution is 1.05. The van der Waals surface area contributed by atoms with Gasteiger partial charge in [-0.2, -0.15) is 5.10 Å². The van der Waals surface area contributed by atoms with Crippen LogP contribution in [0.4, 0.5) is 5.82 Å². The van der Waals surface area contributed by atoms with Gasteiger partial charge < -0.3 is 5.32 Å². The predicted molar refractivity (Wildman–Crippen MR) is 51.6 cm³/mol. The fraction of sp³-hybridized carbons (Fsp3) is 0.250. The Labute approximate surface area is 80.8 Å². The summed E-state index contributed by atoms with van der Waals surface area (Å²) < 4.78 is 0. The molecule has 0 atom stereocenters. The molecule has 2 aromatic rings. The van der Waals surface area contributed by atoms with Crippen molar-refractivity contribution in [2.45, 2.75) is 6.92 Å². The van der Waals surface area contributed by atoms with Gasteiger partial charge in [0.1, 0.15) is 12.1 Å². The van der Waals surface area contributed by atoms with Crippen molar-refractivity contribution in [1.29, 1.82) is 0 Å². The maximum absolute atomic E-state index is 4.25. The number of anilines is 1. The minimum absolute atomic E-state index is 0.543. The number of aromatic nitrogens is 5. The lowest BCUT2D eigenvalue weighted by Crippen LogP contribution is -2.01. The Balaban J connectivity index is 2.31. The highest BCUT2D eigenvalue weighted by atomic mass is 15.2. The Morgan fingerprint density at radius 3 is 3.07 bits per heavy atom. The third-order valence-electron chi connectivity index (χ3n) is 1.64. The summed E-state index contributed by atoms with van der Waals surface area (Å²) in [6, 6.07) is 1.81. The van der Waals surface area contributed by atoms with Gasteiger partial charge in [0.25, 0.3) is 0 Å². The van der Waals surface area contributed by atoms with Gasteiger partial charge in [-0.3, -0.25) is 5.10 Å². The number of rotatable bonds is 3. The number of nitrogens with one attached hydrogen (secondary N) is 2. The number of aromatic amines is 1. The highest BCUT2D eigenvalue weighted by molar-refractivity contribution is 5.46. The molecule has 0 saturated heterocycles. The van der Waals surface area contributed by atoms with Crippen LogP contribution in [0.5, 0.6) is 0 Å². The molecule has 6 heteroatoms. The minimum Gasteiger partial charge on any atom is -0.370 e. The van der Waals surface area contributed by atoms with E-state index in [4.69, 9.17) is 0 Å². The van der Waals surface area contributed by atoms with E-state index in [1.54, 1.807) is 6.20 Å². The lowest BCUT2D eigenvalue weighted by atomic mass is 10.5. The largest absolute Gasteiger partial charge is 0.370 e. The van der Waals surface area contributed by atoms with Crippen molar-refractivity contribution in [1.82, 2.24) is 25.1 Å². The van der Waals surface area contributed by atoms with Gasteiger partial charge >= 0.3 is 0 Å². The maximum Gasteiger partial charge on any atom is 0.199 e. The fourth-order valence-corrected chi connectivity index (χ4v) is 1.07. The molecule has 2 N–H and O–H groups in total. The van der Waals surface area contributed by atoms with Crippen molar-refractivity contribution < 1.29 is 0 Å². The van der Waals surface area contributed by atoms with E-state index in [0.717, 1.165) is 12.4 Å². The van der Waals surface area contributed by atoms with Crippen LogP contribution >= 0.6 is 0 Å². The minimum atomic E-state index is 0.543. The first-order valence-electron chi connectivity index (χ1n) is 4.33. The fourth-order valence-electron chi connectivity index (χ4n) is 1.07. The van der Waals surface area contributed by atoms with Gasteiger partial charge in [-0.25, -0.2) is 15.0 Å². The molecule has 0 aliphatic rings. The van der Waals surface area contributed by atoms with Gasteiger partial charge in [0.15, 0.2) is 11.6 Å². The molecule has 0 bridgehead atoms. The molecular weight excluding hydrogens is 180 g/mol.